The quantitative estimate of drug-likeness (QED) is 0.783. The normalized spacial score (nSPS) is 18.8. The maximum atomic E-state index is 12.2. The Labute approximate surface area is 136 Å². The third-order valence-corrected chi connectivity index (χ3v) is 3.69. The predicted molar refractivity (Wildman–Crippen MR) is 79.7 cm³/mol. The Hall–Kier alpha value is -3.00. The molecular formula is C16H14O8. The Bertz CT molecular complexity index is 818. The second-order valence-corrected chi connectivity index (χ2v) is 5.11. The van der Waals surface area contributed by atoms with Gasteiger partial charge in [0.05, 0.1) is 19.8 Å². The highest BCUT2D eigenvalue weighted by atomic mass is 16.6. The summed E-state index contributed by atoms with van der Waals surface area (Å²) >= 11 is 0. The molecule has 2 heterocycles. The number of aliphatic hydroxyl groups is 2. The van der Waals surface area contributed by atoms with Crippen LogP contribution < -0.4 is 9.47 Å². The fourth-order valence-corrected chi connectivity index (χ4v) is 2.69. The molecule has 8 nitrogen and oxygen atoms in total. The SMILES string of the molecule is COC(=O)c1cc(OC)c2c3c1OC(C)=CC(O)=C3C(O)OC2=O. The number of methoxy groups -OCH3 is 2. The van der Waals surface area contributed by atoms with E-state index >= 15 is 0 Å². The van der Waals surface area contributed by atoms with Crippen molar-refractivity contribution in [2.75, 3.05) is 14.2 Å². The molecule has 0 saturated carbocycles. The van der Waals surface area contributed by atoms with Crippen LogP contribution in [0.15, 0.2) is 23.7 Å². The number of benzene rings is 1. The molecular weight excluding hydrogens is 320 g/mol. The average molecular weight is 334 g/mol. The van der Waals surface area contributed by atoms with Crippen LogP contribution in [0.4, 0.5) is 0 Å². The fraction of sp³-hybridized carbons (Fsp3) is 0.250. The molecule has 2 N–H and O–H groups in total. The summed E-state index contributed by atoms with van der Waals surface area (Å²) in [4.78, 5) is 24.3. The van der Waals surface area contributed by atoms with Gasteiger partial charge in [-0.25, -0.2) is 9.59 Å². The second-order valence-electron chi connectivity index (χ2n) is 5.11. The molecule has 2 aliphatic rings. The van der Waals surface area contributed by atoms with E-state index in [0.717, 1.165) is 0 Å². The van der Waals surface area contributed by atoms with Crippen LogP contribution in [0.1, 0.15) is 33.2 Å². The van der Waals surface area contributed by atoms with Crippen molar-refractivity contribution in [2.45, 2.75) is 13.2 Å². The molecule has 1 aromatic rings. The van der Waals surface area contributed by atoms with Crippen LogP contribution in [-0.2, 0) is 9.47 Å². The number of esters is 2. The van der Waals surface area contributed by atoms with E-state index in [9.17, 15) is 19.8 Å². The van der Waals surface area contributed by atoms with Crippen molar-refractivity contribution in [3.8, 4) is 11.5 Å². The highest BCUT2D eigenvalue weighted by Gasteiger charge is 2.40. The van der Waals surface area contributed by atoms with Gasteiger partial charge < -0.3 is 29.2 Å². The Kier molecular flexibility index (Phi) is 3.69. The molecule has 0 bridgehead atoms. The fourth-order valence-electron chi connectivity index (χ4n) is 2.69. The molecule has 0 radical (unpaired) electrons. The number of carbonyl (C=O) groups excluding carboxylic acids is 2. The third kappa shape index (κ3) is 2.19. The Morgan fingerprint density at radius 2 is 2.00 bits per heavy atom. The van der Waals surface area contributed by atoms with Crippen molar-refractivity contribution in [3.05, 3.63) is 40.4 Å². The van der Waals surface area contributed by atoms with Gasteiger partial charge in [-0.15, -0.1) is 0 Å². The minimum Gasteiger partial charge on any atom is -0.507 e. The van der Waals surface area contributed by atoms with Crippen LogP contribution >= 0.6 is 0 Å². The number of hydrogen-bond donors (Lipinski definition) is 2. The minimum absolute atomic E-state index is 0.0186. The Morgan fingerprint density at radius 3 is 2.62 bits per heavy atom. The zero-order chi connectivity index (χ0) is 17.6. The van der Waals surface area contributed by atoms with Gasteiger partial charge >= 0.3 is 11.9 Å². The lowest BCUT2D eigenvalue weighted by Gasteiger charge is -2.27. The molecule has 1 unspecified atom stereocenters. The summed E-state index contributed by atoms with van der Waals surface area (Å²) in [5.74, 6) is -1.71. The number of aliphatic hydroxyl groups excluding tert-OH is 2. The zero-order valence-corrected chi connectivity index (χ0v) is 13.1. The standard InChI is InChI=1S/C16H14O8/c1-6-4-8(17)10-12-11(16(20)24-15(10)19)9(21-2)5-7(13(12)23-6)14(18)22-3/h4-5,15,17,19H,1-3H3. The van der Waals surface area contributed by atoms with Crippen LogP contribution in [0, 0.1) is 0 Å². The molecule has 2 aliphatic heterocycles. The van der Waals surface area contributed by atoms with Crippen molar-refractivity contribution in [2.24, 2.45) is 0 Å². The van der Waals surface area contributed by atoms with E-state index in [-0.39, 0.29) is 45.3 Å². The molecule has 3 rings (SSSR count). The van der Waals surface area contributed by atoms with Crippen molar-refractivity contribution >= 4 is 17.5 Å². The number of hydrogen-bond acceptors (Lipinski definition) is 8. The number of allylic oxidation sites excluding steroid dienone is 2. The molecule has 8 heteroatoms. The summed E-state index contributed by atoms with van der Waals surface area (Å²) in [5.41, 5.74) is -0.144. The van der Waals surface area contributed by atoms with Crippen LogP contribution in [-0.4, -0.2) is 42.7 Å². The highest BCUT2D eigenvalue weighted by molar-refractivity contribution is 6.07. The molecule has 0 amide bonds. The zero-order valence-electron chi connectivity index (χ0n) is 13.1. The largest absolute Gasteiger partial charge is 0.507 e. The Morgan fingerprint density at radius 1 is 1.29 bits per heavy atom. The van der Waals surface area contributed by atoms with Gasteiger partial charge in [0, 0.05) is 11.6 Å². The lowest BCUT2D eigenvalue weighted by Crippen LogP contribution is -2.28. The second kappa shape index (κ2) is 5.57. The van der Waals surface area contributed by atoms with Crippen molar-refractivity contribution in [1.29, 1.82) is 0 Å². The van der Waals surface area contributed by atoms with E-state index in [0.29, 0.717) is 0 Å². The van der Waals surface area contributed by atoms with E-state index < -0.39 is 18.2 Å². The average Bonchev–Trinajstić information content (AvgIpc) is 2.66. The predicted octanol–water partition coefficient (Wildman–Crippen LogP) is 1.54. The summed E-state index contributed by atoms with van der Waals surface area (Å²) in [5, 5.41) is 20.3. The van der Waals surface area contributed by atoms with Crippen LogP contribution in [0.5, 0.6) is 11.5 Å². The molecule has 0 aliphatic carbocycles. The first-order valence-electron chi connectivity index (χ1n) is 6.91. The molecule has 1 atom stereocenters. The van der Waals surface area contributed by atoms with Crippen molar-refractivity contribution < 1.29 is 38.7 Å². The first-order valence-corrected chi connectivity index (χ1v) is 6.91. The lowest BCUT2D eigenvalue weighted by atomic mass is 9.91. The van der Waals surface area contributed by atoms with Crippen LogP contribution in [0.2, 0.25) is 0 Å². The number of carbonyl (C=O) groups is 2. The molecule has 126 valence electrons. The van der Waals surface area contributed by atoms with Gasteiger partial charge in [0.15, 0.2) is 0 Å². The van der Waals surface area contributed by atoms with Crippen molar-refractivity contribution in [3.63, 3.8) is 0 Å². The monoisotopic (exact) mass is 334 g/mol. The summed E-state index contributed by atoms with van der Waals surface area (Å²) in [6.07, 6.45) is -0.471. The summed E-state index contributed by atoms with van der Waals surface area (Å²) in [6, 6.07) is 1.28. The van der Waals surface area contributed by atoms with E-state index in [2.05, 4.69) is 0 Å². The Balaban J connectivity index is 2.47. The highest BCUT2D eigenvalue weighted by Crippen LogP contribution is 2.46. The first kappa shape index (κ1) is 15.9. The molecule has 0 spiro atoms. The number of cyclic esters (lactones) is 1. The van der Waals surface area contributed by atoms with E-state index in [1.807, 2.05) is 0 Å². The topological polar surface area (TPSA) is 112 Å². The van der Waals surface area contributed by atoms with Crippen molar-refractivity contribution in [1.82, 2.24) is 0 Å². The van der Waals surface area contributed by atoms with Gasteiger partial charge in [-0.1, -0.05) is 0 Å². The summed E-state index contributed by atoms with van der Waals surface area (Å²) < 4.78 is 20.4. The lowest BCUT2D eigenvalue weighted by molar-refractivity contribution is -0.0339. The van der Waals surface area contributed by atoms with Gasteiger partial charge in [0.1, 0.15) is 34.1 Å². The van der Waals surface area contributed by atoms with Gasteiger partial charge in [0.2, 0.25) is 6.29 Å². The van der Waals surface area contributed by atoms with Gasteiger partial charge in [-0.3, -0.25) is 0 Å². The summed E-state index contributed by atoms with van der Waals surface area (Å²) in [7, 11) is 2.50. The molecule has 0 fully saturated rings. The van der Waals surface area contributed by atoms with Gasteiger partial charge in [-0.2, -0.15) is 0 Å². The van der Waals surface area contributed by atoms with Crippen LogP contribution in [0.3, 0.4) is 0 Å². The van der Waals surface area contributed by atoms with Crippen LogP contribution in [0.25, 0.3) is 5.57 Å². The molecule has 0 aromatic heterocycles. The molecule has 24 heavy (non-hydrogen) atoms. The maximum Gasteiger partial charge on any atom is 0.345 e. The van der Waals surface area contributed by atoms with Gasteiger partial charge in [-0.05, 0) is 13.0 Å². The van der Waals surface area contributed by atoms with E-state index in [1.54, 1.807) is 6.92 Å². The summed E-state index contributed by atoms with van der Waals surface area (Å²) in [6.45, 7) is 1.54. The first-order chi connectivity index (χ1) is 11.4. The third-order valence-electron chi connectivity index (χ3n) is 3.69. The smallest absolute Gasteiger partial charge is 0.345 e. The number of rotatable bonds is 2. The molecule has 0 saturated heterocycles. The number of ether oxygens (including phenoxy) is 4. The van der Waals surface area contributed by atoms with E-state index in [1.165, 1.54) is 26.4 Å². The minimum atomic E-state index is -1.72. The van der Waals surface area contributed by atoms with Gasteiger partial charge in [0.25, 0.3) is 0 Å². The van der Waals surface area contributed by atoms with E-state index in [4.69, 9.17) is 18.9 Å². The molecule has 1 aromatic carbocycles. The maximum absolute atomic E-state index is 12.2.